The van der Waals surface area contributed by atoms with E-state index in [1.165, 1.54) is 19.3 Å². The molecule has 1 aromatic rings. The van der Waals surface area contributed by atoms with Gasteiger partial charge in [-0.25, -0.2) is 0 Å². The first-order chi connectivity index (χ1) is 10.9. The average molecular weight is 318 g/mol. The molecule has 0 bridgehead atoms. The maximum Gasteiger partial charge on any atom is 0.244 e. The van der Waals surface area contributed by atoms with Crippen LogP contribution in [0.4, 0.5) is 0 Å². The Balaban J connectivity index is 1.97. The first-order valence-electron chi connectivity index (χ1n) is 8.49. The number of likely N-dealkylation sites (N-methyl/N-ethyl adjacent to an activating group) is 1. The van der Waals surface area contributed by atoms with Crippen LogP contribution in [0.2, 0.25) is 0 Å². The third-order valence-electron chi connectivity index (χ3n) is 5.29. The number of rotatable bonds is 5. The molecule has 1 aromatic heterocycles. The molecule has 0 radical (unpaired) electrons. The van der Waals surface area contributed by atoms with Crippen LogP contribution in [0.5, 0.6) is 0 Å². The predicted octanol–water partition coefficient (Wildman–Crippen LogP) is 2.43. The standard InChI is InChI=1S/C18H30N4O/c1-14-16(15(2)22(5)20-14)9-10-17(23)19-13-18(21(3)4)11-7-6-8-12-18/h9-10H,6-8,11-13H2,1-5H3,(H,19,23)/b10-9+. The van der Waals surface area contributed by atoms with Crippen LogP contribution in [0.1, 0.15) is 49.1 Å². The molecule has 2 rings (SSSR count). The van der Waals surface area contributed by atoms with E-state index in [4.69, 9.17) is 0 Å². The summed E-state index contributed by atoms with van der Waals surface area (Å²) in [6.07, 6.45) is 9.62. The van der Waals surface area contributed by atoms with Gasteiger partial charge in [-0.15, -0.1) is 0 Å². The molecule has 23 heavy (non-hydrogen) atoms. The van der Waals surface area contributed by atoms with Gasteiger partial charge in [-0.1, -0.05) is 19.3 Å². The van der Waals surface area contributed by atoms with Crippen molar-refractivity contribution in [2.45, 2.75) is 51.5 Å². The predicted molar refractivity (Wildman–Crippen MR) is 94.2 cm³/mol. The van der Waals surface area contributed by atoms with Gasteiger partial charge in [0.05, 0.1) is 5.69 Å². The fraction of sp³-hybridized carbons (Fsp3) is 0.667. The Kier molecular flexibility index (Phi) is 5.63. The summed E-state index contributed by atoms with van der Waals surface area (Å²) in [5.41, 5.74) is 3.17. The molecule has 5 heteroatoms. The van der Waals surface area contributed by atoms with Gasteiger partial charge in [0.2, 0.25) is 5.91 Å². The van der Waals surface area contributed by atoms with Gasteiger partial charge in [-0.2, -0.15) is 5.10 Å². The van der Waals surface area contributed by atoms with Crippen LogP contribution < -0.4 is 5.32 Å². The van der Waals surface area contributed by atoms with Crippen LogP contribution >= 0.6 is 0 Å². The highest BCUT2D eigenvalue weighted by Crippen LogP contribution is 2.31. The minimum atomic E-state index is -0.0283. The smallest absolute Gasteiger partial charge is 0.244 e. The summed E-state index contributed by atoms with van der Waals surface area (Å²) in [6, 6.07) is 0. The van der Waals surface area contributed by atoms with Gasteiger partial charge >= 0.3 is 0 Å². The van der Waals surface area contributed by atoms with Crippen LogP contribution in [0, 0.1) is 13.8 Å². The highest BCUT2D eigenvalue weighted by molar-refractivity contribution is 5.92. The molecule has 0 atom stereocenters. The van der Waals surface area contributed by atoms with Gasteiger partial charge in [0.25, 0.3) is 0 Å². The van der Waals surface area contributed by atoms with E-state index in [0.717, 1.165) is 29.8 Å². The van der Waals surface area contributed by atoms with Crippen molar-refractivity contribution >= 4 is 12.0 Å². The summed E-state index contributed by atoms with van der Waals surface area (Å²) < 4.78 is 1.84. The zero-order valence-electron chi connectivity index (χ0n) is 15.1. The van der Waals surface area contributed by atoms with Crippen LogP contribution in [0.15, 0.2) is 6.08 Å². The van der Waals surface area contributed by atoms with Crippen molar-refractivity contribution in [3.63, 3.8) is 0 Å². The van der Waals surface area contributed by atoms with E-state index in [1.807, 2.05) is 31.7 Å². The average Bonchev–Trinajstić information content (AvgIpc) is 2.77. The molecule has 128 valence electrons. The van der Waals surface area contributed by atoms with E-state index >= 15 is 0 Å². The molecule has 1 saturated carbocycles. The largest absolute Gasteiger partial charge is 0.351 e. The monoisotopic (exact) mass is 318 g/mol. The second-order valence-corrected chi connectivity index (χ2v) is 6.94. The third-order valence-corrected chi connectivity index (χ3v) is 5.29. The molecule has 1 fully saturated rings. The number of aromatic nitrogens is 2. The number of nitrogens with one attached hydrogen (secondary N) is 1. The SMILES string of the molecule is Cc1nn(C)c(C)c1/C=C/C(=O)NCC1(N(C)C)CCCCC1. The van der Waals surface area contributed by atoms with Gasteiger partial charge in [-0.3, -0.25) is 9.48 Å². The summed E-state index contributed by atoms with van der Waals surface area (Å²) in [7, 11) is 6.16. The summed E-state index contributed by atoms with van der Waals surface area (Å²) in [5.74, 6) is -0.0283. The molecular formula is C18H30N4O. The number of hydrogen-bond acceptors (Lipinski definition) is 3. The van der Waals surface area contributed by atoms with Crippen molar-refractivity contribution in [1.82, 2.24) is 20.0 Å². The summed E-state index contributed by atoms with van der Waals surface area (Å²) in [4.78, 5) is 14.5. The minimum Gasteiger partial charge on any atom is -0.351 e. The Morgan fingerprint density at radius 1 is 1.30 bits per heavy atom. The summed E-state index contributed by atoms with van der Waals surface area (Å²) in [5, 5.41) is 7.47. The molecule has 5 nitrogen and oxygen atoms in total. The quantitative estimate of drug-likeness (QED) is 0.848. The zero-order chi connectivity index (χ0) is 17.0. The molecular weight excluding hydrogens is 288 g/mol. The molecule has 0 saturated heterocycles. The molecule has 1 amide bonds. The Morgan fingerprint density at radius 3 is 2.48 bits per heavy atom. The van der Waals surface area contributed by atoms with Crippen molar-refractivity contribution in [2.24, 2.45) is 7.05 Å². The minimum absolute atomic E-state index is 0.0283. The lowest BCUT2D eigenvalue weighted by Gasteiger charge is -2.43. The van der Waals surface area contributed by atoms with E-state index in [1.54, 1.807) is 6.08 Å². The van der Waals surface area contributed by atoms with Gasteiger partial charge < -0.3 is 10.2 Å². The van der Waals surface area contributed by atoms with Crippen LogP contribution in [-0.4, -0.2) is 46.8 Å². The lowest BCUT2D eigenvalue weighted by molar-refractivity contribution is -0.117. The number of nitrogens with zero attached hydrogens (tertiary/aromatic N) is 3. The van der Waals surface area contributed by atoms with Crippen molar-refractivity contribution in [2.75, 3.05) is 20.6 Å². The Hall–Kier alpha value is -1.62. The first kappa shape index (κ1) is 17.7. The van der Waals surface area contributed by atoms with Gasteiger partial charge in [0.15, 0.2) is 0 Å². The van der Waals surface area contributed by atoms with E-state index < -0.39 is 0 Å². The van der Waals surface area contributed by atoms with Crippen LogP contribution in [-0.2, 0) is 11.8 Å². The lowest BCUT2D eigenvalue weighted by atomic mass is 9.80. The molecule has 1 aliphatic rings. The maximum atomic E-state index is 12.2. The number of carbonyl (C=O) groups is 1. The second-order valence-electron chi connectivity index (χ2n) is 6.94. The normalized spacial score (nSPS) is 17.8. The molecule has 1 heterocycles. The van der Waals surface area contributed by atoms with Crippen molar-refractivity contribution in [1.29, 1.82) is 0 Å². The molecule has 0 aromatic carbocycles. The van der Waals surface area contributed by atoms with Gasteiger partial charge in [-0.05, 0) is 46.9 Å². The van der Waals surface area contributed by atoms with Crippen LogP contribution in [0.3, 0.4) is 0 Å². The fourth-order valence-corrected chi connectivity index (χ4v) is 3.49. The maximum absolute atomic E-state index is 12.2. The van der Waals surface area contributed by atoms with E-state index in [9.17, 15) is 4.79 Å². The molecule has 1 aliphatic carbocycles. The van der Waals surface area contributed by atoms with E-state index in [0.29, 0.717) is 6.54 Å². The Morgan fingerprint density at radius 2 is 1.96 bits per heavy atom. The van der Waals surface area contributed by atoms with E-state index in [2.05, 4.69) is 29.4 Å². The van der Waals surface area contributed by atoms with Crippen LogP contribution in [0.25, 0.3) is 6.08 Å². The zero-order valence-corrected chi connectivity index (χ0v) is 15.1. The van der Waals surface area contributed by atoms with Crippen molar-refractivity contribution in [3.05, 3.63) is 23.0 Å². The first-order valence-corrected chi connectivity index (χ1v) is 8.49. The fourth-order valence-electron chi connectivity index (χ4n) is 3.49. The van der Waals surface area contributed by atoms with Gasteiger partial charge in [0.1, 0.15) is 0 Å². The van der Waals surface area contributed by atoms with E-state index in [-0.39, 0.29) is 11.4 Å². The molecule has 1 N–H and O–H groups in total. The summed E-state index contributed by atoms with van der Waals surface area (Å²) >= 11 is 0. The van der Waals surface area contributed by atoms with Crippen molar-refractivity contribution in [3.8, 4) is 0 Å². The second kappa shape index (κ2) is 7.30. The Labute approximate surface area is 139 Å². The van der Waals surface area contributed by atoms with Gasteiger partial charge in [0, 0.05) is 36.5 Å². The lowest BCUT2D eigenvalue weighted by Crippen LogP contribution is -2.53. The highest BCUT2D eigenvalue weighted by atomic mass is 16.1. The summed E-state index contributed by atoms with van der Waals surface area (Å²) in [6.45, 7) is 4.70. The molecule has 0 unspecified atom stereocenters. The molecule has 0 spiro atoms. The number of amides is 1. The molecule has 0 aliphatic heterocycles. The Bertz CT molecular complexity index is 580. The van der Waals surface area contributed by atoms with Crippen molar-refractivity contribution < 1.29 is 4.79 Å². The highest BCUT2D eigenvalue weighted by Gasteiger charge is 2.34. The number of carbonyl (C=O) groups excluding carboxylic acids is 1. The number of aryl methyl sites for hydroxylation is 2. The third kappa shape index (κ3) is 4.02. The number of hydrogen-bond donors (Lipinski definition) is 1. The topological polar surface area (TPSA) is 50.2 Å².